The molecule has 0 fully saturated rings. The summed E-state index contributed by atoms with van der Waals surface area (Å²) >= 11 is 0. The normalized spacial score (nSPS) is 9.74. The summed E-state index contributed by atoms with van der Waals surface area (Å²) < 4.78 is 0. The average molecular weight is 304 g/mol. The van der Waals surface area contributed by atoms with E-state index in [4.69, 9.17) is 11.5 Å². The smallest absolute Gasteiger partial charge is 0.104 e. The molecule has 0 rings (SSSR count). The van der Waals surface area contributed by atoms with E-state index in [1.165, 1.54) is 0 Å². The maximum Gasteiger partial charge on any atom is 0.104 e. The number of hydrogen-bond donors (Lipinski definition) is 1. The Hall–Kier alpha value is -2.58. The fourth-order valence-electron chi connectivity index (χ4n) is 1.56. The second-order valence-corrected chi connectivity index (χ2v) is 4.60. The van der Waals surface area contributed by atoms with Gasteiger partial charge in [0, 0.05) is 6.42 Å². The zero-order chi connectivity index (χ0) is 16.8. The molecule has 23 heavy (non-hydrogen) atoms. The molecule has 0 heterocycles. The van der Waals surface area contributed by atoms with Crippen LogP contribution in [0.3, 0.4) is 0 Å². The van der Waals surface area contributed by atoms with Gasteiger partial charge in [0.2, 0.25) is 0 Å². The van der Waals surface area contributed by atoms with E-state index in [-0.39, 0.29) is 6.61 Å². The highest BCUT2D eigenvalue weighted by atomic mass is 16.2. The van der Waals surface area contributed by atoms with E-state index in [1.54, 1.807) is 12.2 Å². The van der Waals surface area contributed by atoms with Gasteiger partial charge in [-0.05, 0) is 68.6 Å². The van der Waals surface area contributed by atoms with Gasteiger partial charge in [-0.15, -0.1) is 6.42 Å². The van der Waals surface area contributed by atoms with Crippen molar-refractivity contribution in [2.45, 2.75) is 44.9 Å². The molecule has 1 nitrogen and oxygen atoms in total. The van der Waals surface area contributed by atoms with Crippen LogP contribution in [-0.2, 0) is 0 Å². The number of terminal acetylenes is 1. The summed E-state index contributed by atoms with van der Waals surface area (Å²) in [5.74, 6) is 19.4. The zero-order valence-electron chi connectivity index (χ0n) is 13.6. The Balaban J connectivity index is 3.58. The van der Waals surface area contributed by atoms with Crippen molar-refractivity contribution in [1.82, 2.24) is 0 Å². The minimum atomic E-state index is -0.0905. The second kappa shape index (κ2) is 19.4. The van der Waals surface area contributed by atoms with Crippen LogP contribution in [0.25, 0.3) is 0 Å². The van der Waals surface area contributed by atoms with Gasteiger partial charge in [-0.1, -0.05) is 47.8 Å². The molecule has 0 radical (unpaired) electrons. The van der Waals surface area contributed by atoms with E-state index in [0.717, 1.165) is 44.9 Å². The molecule has 0 spiro atoms. The lowest BCUT2D eigenvalue weighted by Gasteiger charge is -1.90. The number of unbranched alkanes of at least 4 members (excludes halogenated alkanes) is 5. The van der Waals surface area contributed by atoms with Gasteiger partial charge in [0.15, 0.2) is 0 Å². The monoisotopic (exact) mass is 304 g/mol. The van der Waals surface area contributed by atoms with Crippen LogP contribution < -0.4 is 0 Å². The summed E-state index contributed by atoms with van der Waals surface area (Å²) in [6.07, 6.45) is 23.7. The Morgan fingerprint density at radius 3 is 2.09 bits per heavy atom. The summed E-state index contributed by atoms with van der Waals surface area (Å²) in [4.78, 5) is 0. The van der Waals surface area contributed by atoms with Crippen molar-refractivity contribution < 1.29 is 5.11 Å². The highest BCUT2D eigenvalue weighted by Crippen LogP contribution is 2.01. The van der Waals surface area contributed by atoms with Gasteiger partial charge in [0.05, 0.1) is 0 Å². The predicted molar refractivity (Wildman–Crippen MR) is 99.0 cm³/mol. The highest BCUT2D eigenvalue weighted by molar-refractivity contribution is 5.30. The van der Waals surface area contributed by atoms with E-state index in [0.29, 0.717) is 0 Å². The van der Waals surface area contributed by atoms with Crippen molar-refractivity contribution in [1.29, 1.82) is 0 Å². The van der Waals surface area contributed by atoms with Crippen molar-refractivity contribution in [3.8, 4) is 47.9 Å². The van der Waals surface area contributed by atoms with Crippen LogP contribution in [0, 0.1) is 47.9 Å². The standard InChI is InChI=1S/C22H24O/c1-2-3-4-5-6-7-8-9-10-11-12-13-14-15-16-17-18-19-20-21-22-23/h1,3-4,9-10,18-19,23H,5-8,15-17,22H2/b4-3+,10-9+,19-18+. The Morgan fingerprint density at radius 1 is 0.739 bits per heavy atom. The van der Waals surface area contributed by atoms with Gasteiger partial charge < -0.3 is 5.11 Å². The lowest BCUT2D eigenvalue weighted by atomic mass is 10.2. The molecule has 0 unspecified atom stereocenters. The number of aliphatic hydroxyl groups excluding tert-OH is 1. The Bertz CT molecular complexity index is 592. The average Bonchev–Trinajstić information content (AvgIpc) is 2.57. The summed E-state index contributed by atoms with van der Waals surface area (Å²) in [6, 6.07) is 0. The summed E-state index contributed by atoms with van der Waals surface area (Å²) in [6.45, 7) is -0.0905. The highest BCUT2D eigenvalue weighted by Gasteiger charge is 1.82. The number of hydrogen-bond acceptors (Lipinski definition) is 1. The Labute approximate surface area is 141 Å². The molecule has 0 saturated carbocycles. The van der Waals surface area contributed by atoms with Crippen LogP contribution in [0.2, 0.25) is 0 Å². The molecule has 0 aliphatic rings. The predicted octanol–water partition coefficient (Wildman–Crippen LogP) is 4.02. The molecular weight excluding hydrogens is 280 g/mol. The molecular formula is C22H24O. The lowest BCUT2D eigenvalue weighted by molar-refractivity contribution is 0.350. The van der Waals surface area contributed by atoms with Gasteiger partial charge in [-0.2, -0.15) is 0 Å². The fourth-order valence-corrected chi connectivity index (χ4v) is 1.56. The van der Waals surface area contributed by atoms with Crippen LogP contribution >= 0.6 is 0 Å². The van der Waals surface area contributed by atoms with Gasteiger partial charge >= 0.3 is 0 Å². The largest absolute Gasteiger partial charge is 0.384 e. The zero-order valence-corrected chi connectivity index (χ0v) is 13.6. The molecule has 118 valence electrons. The van der Waals surface area contributed by atoms with Crippen LogP contribution in [0.1, 0.15) is 44.9 Å². The van der Waals surface area contributed by atoms with E-state index >= 15 is 0 Å². The maximum absolute atomic E-state index is 8.46. The molecule has 0 aromatic carbocycles. The first-order valence-electron chi connectivity index (χ1n) is 7.90. The van der Waals surface area contributed by atoms with Crippen molar-refractivity contribution in [2.75, 3.05) is 6.61 Å². The second-order valence-electron chi connectivity index (χ2n) is 4.60. The molecule has 0 aromatic rings. The Kier molecular flexibility index (Phi) is 17.2. The van der Waals surface area contributed by atoms with E-state index in [9.17, 15) is 0 Å². The quantitative estimate of drug-likeness (QED) is 0.530. The van der Waals surface area contributed by atoms with E-state index in [2.05, 4.69) is 47.5 Å². The van der Waals surface area contributed by atoms with Gasteiger partial charge in [0.25, 0.3) is 0 Å². The van der Waals surface area contributed by atoms with Crippen LogP contribution in [0.15, 0.2) is 36.5 Å². The first-order valence-corrected chi connectivity index (χ1v) is 7.90. The van der Waals surface area contributed by atoms with Crippen LogP contribution in [0.4, 0.5) is 0 Å². The lowest BCUT2D eigenvalue weighted by Crippen LogP contribution is -1.72. The fraction of sp³-hybridized carbons (Fsp3) is 0.364. The first kappa shape index (κ1) is 20.4. The third-order valence-electron chi connectivity index (χ3n) is 2.68. The summed E-state index contributed by atoms with van der Waals surface area (Å²) in [5.41, 5.74) is 0. The van der Waals surface area contributed by atoms with Gasteiger partial charge in [-0.25, -0.2) is 0 Å². The molecule has 0 bridgehead atoms. The van der Waals surface area contributed by atoms with E-state index < -0.39 is 0 Å². The van der Waals surface area contributed by atoms with Crippen molar-refractivity contribution in [3.63, 3.8) is 0 Å². The number of rotatable bonds is 8. The van der Waals surface area contributed by atoms with Crippen LogP contribution in [-0.4, -0.2) is 11.7 Å². The molecule has 0 atom stereocenters. The third kappa shape index (κ3) is 19.4. The molecule has 0 amide bonds. The molecule has 0 aromatic heterocycles. The molecule has 1 N–H and O–H groups in total. The van der Waals surface area contributed by atoms with Gasteiger partial charge in [-0.3, -0.25) is 0 Å². The third-order valence-corrected chi connectivity index (χ3v) is 2.68. The van der Waals surface area contributed by atoms with Crippen molar-refractivity contribution in [2.24, 2.45) is 0 Å². The SMILES string of the molecule is C#C/C=C/CCCC/C=C/C#CC#CCCC/C=C/C#CCO. The molecule has 0 saturated heterocycles. The maximum atomic E-state index is 8.46. The topological polar surface area (TPSA) is 20.2 Å². The Morgan fingerprint density at radius 2 is 1.39 bits per heavy atom. The summed E-state index contributed by atoms with van der Waals surface area (Å²) in [7, 11) is 0. The minimum Gasteiger partial charge on any atom is -0.384 e. The minimum absolute atomic E-state index is 0.0905. The number of aliphatic hydroxyl groups is 1. The van der Waals surface area contributed by atoms with Crippen molar-refractivity contribution in [3.05, 3.63) is 36.5 Å². The van der Waals surface area contributed by atoms with Gasteiger partial charge in [0.1, 0.15) is 6.61 Å². The first-order chi connectivity index (χ1) is 11.4. The van der Waals surface area contributed by atoms with E-state index in [1.807, 2.05) is 18.2 Å². The van der Waals surface area contributed by atoms with Crippen LogP contribution in [0.5, 0.6) is 0 Å². The summed E-state index contributed by atoms with van der Waals surface area (Å²) in [5, 5.41) is 8.46. The molecule has 1 heteroatoms. The molecule has 0 aliphatic heterocycles. The van der Waals surface area contributed by atoms with Crippen molar-refractivity contribution >= 4 is 0 Å². The molecule has 0 aliphatic carbocycles. The number of allylic oxidation sites excluding steroid dienone is 6.